The molecule has 1 fully saturated rings. The summed E-state index contributed by atoms with van der Waals surface area (Å²) in [5.74, 6) is 1.00. The standard InChI is InChI=1S/C16H20N4OS4/c1-12(2)10-24-15-17-20(16(22)25-15)11-18-5-7-19(8-6-18)14(21)13-4-3-9-23-13/h3-4,9H,1,5-8,10-11H2,2H3. The van der Waals surface area contributed by atoms with Gasteiger partial charge in [-0.25, -0.2) is 4.68 Å². The highest BCUT2D eigenvalue weighted by molar-refractivity contribution is 8.01. The highest BCUT2D eigenvalue weighted by Gasteiger charge is 2.23. The van der Waals surface area contributed by atoms with Crippen molar-refractivity contribution in [3.8, 4) is 0 Å². The summed E-state index contributed by atoms with van der Waals surface area (Å²) >= 11 is 10.2. The fourth-order valence-corrected chi connectivity index (χ4v) is 5.31. The Balaban J connectivity index is 1.53. The predicted molar refractivity (Wildman–Crippen MR) is 108 cm³/mol. The van der Waals surface area contributed by atoms with E-state index in [9.17, 15) is 4.79 Å². The van der Waals surface area contributed by atoms with E-state index < -0.39 is 0 Å². The van der Waals surface area contributed by atoms with E-state index in [0.29, 0.717) is 6.67 Å². The molecule has 2 aromatic heterocycles. The molecule has 0 radical (unpaired) electrons. The number of nitrogens with zero attached hydrogens (tertiary/aromatic N) is 4. The average molecular weight is 413 g/mol. The lowest BCUT2D eigenvalue weighted by Crippen LogP contribution is -2.48. The van der Waals surface area contributed by atoms with Crippen LogP contribution in [0.3, 0.4) is 0 Å². The van der Waals surface area contributed by atoms with Gasteiger partial charge in [-0.3, -0.25) is 9.69 Å². The lowest BCUT2D eigenvalue weighted by molar-refractivity contribution is 0.0589. The number of piperazine rings is 1. The van der Waals surface area contributed by atoms with Gasteiger partial charge in [-0.15, -0.1) is 11.3 Å². The van der Waals surface area contributed by atoms with E-state index in [1.807, 2.05) is 34.0 Å². The van der Waals surface area contributed by atoms with Crippen LogP contribution >= 0.6 is 46.7 Å². The van der Waals surface area contributed by atoms with Crippen molar-refractivity contribution in [1.82, 2.24) is 19.6 Å². The third kappa shape index (κ3) is 5.01. The SMILES string of the molecule is C=C(C)CSc1nn(CN2CCN(C(=O)c3cccs3)CC2)c(=S)s1. The Labute approximate surface area is 165 Å². The number of thioether (sulfide) groups is 1. The van der Waals surface area contributed by atoms with Crippen LogP contribution in [0, 0.1) is 3.95 Å². The molecular weight excluding hydrogens is 392 g/mol. The van der Waals surface area contributed by atoms with Gasteiger partial charge in [-0.05, 0) is 30.6 Å². The molecule has 1 saturated heterocycles. The molecule has 3 rings (SSSR count). The van der Waals surface area contributed by atoms with Gasteiger partial charge in [0, 0.05) is 31.9 Å². The number of hydrogen-bond donors (Lipinski definition) is 0. The zero-order chi connectivity index (χ0) is 17.8. The van der Waals surface area contributed by atoms with Gasteiger partial charge in [-0.1, -0.05) is 41.3 Å². The van der Waals surface area contributed by atoms with Gasteiger partial charge in [0.15, 0.2) is 8.29 Å². The molecule has 0 aromatic carbocycles. The number of thiophene rings is 1. The molecule has 3 heterocycles. The maximum atomic E-state index is 12.4. The van der Waals surface area contributed by atoms with Crippen LogP contribution in [0.1, 0.15) is 16.6 Å². The summed E-state index contributed by atoms with van der Waals surface area (Å²) < 4.78 is 3.66. The summed E-state index contributed by atoms with van der Waals surface area (Å²) in [6.07, 6.45) is 0. The molecule has 0 bridgehead atoms. The molecule has 1 aliphatic rings. The molecule has 0 saturated carbocycles. The molecule has 0 unspecified atom stereocenters. The molecule has 0 atom stereocenters. The van der Waals surface area contributed by atoms with Gasteiger partial charge in [0.1, 0.15) is 0 Å². The largest absolute Gasteiger partial charge is 0.335 e. The summed E-state index contributed by atoms with van der Waals surface area (Å²) in [5, 5.41) is 6.54. The van der Waals surface area contributed by atoms with Crippen LogP contribution in [0.15, 0.2) is 34.0 Å². The van der Waals surface area contributed by atoms with E-state index >= 15 is 0 Å². The van der Waals surface area contributed by atoms with Crippen molar-refractivity contribution in [3.63, 3.8) is 0 Å². The smallest absolute Gasteiger partial charge is 0.264 e. The number of hydrogen-bond acceptors (Lipinski definition) is 7. The van der Waals surface area contributed by atoms with Crippen LogP contribution in [-0.2, 0) is 6.67 Å². The molecule has 134 valence electrons. The number of carbonyl (C=O) groups is 1. The van der Waals surface area contributed by atoms with E-state index in [4.69, 9.17) is 12.2 Å². The Bertz CT molecular complexity index is 787. The molecule has 1 amide bonds. The van der Waals surface area contributed by atoms with Crippen molar-refractivity contribution >= 4 is 52.6 Å². The molecule has 2 aromatic rings. The first-order chi connectivity index (χ1) is 12.0. The van der Waals surface area contributed by atoms with E-state index in [0.717, 1.165) is 50.7 Å². The van der Waals surface area contributed by atoms with Crippen LogP contribution in [0.25, 0.3) is 0 Å². The Morgan fingerprint density at radius 2 is 2.16 bits per heavy atom. The molecule has 1 aliphatic heterocycles. The van der Waals surface area contributed by atoms with Crippen LogP contribution in [-0.4, -0.2) is 57.4 Å². The third-order valence-corrected chi connectivity index (χ3v) is 7.28. The van der Waals surface area contributed by atoms with Gasteiger partial charge in [0.25, 0.3) is 5.91 Å². The number of amides is 1. The molecule has 0 spiro atoms. The zero-order valence-corrected chi connectivity index (χ0v) is 17.3. The van der Waals surface area contributed by atoms with Gasteiger partial charge in [0.05, 0.1) is 11.5 Å². The Hall–Kier alpha value is -1.00. The van der Waals surface area contributed by atoms with Gasteiger partial charge < -0.3 is 4.90 Å². The molecule has 0 aliphatic carbocycles. The first-order valence-corrected chi connectivity index (χ1v) is 11.0. The maximum Gasteiger partial charge on any atom is 0.264 e. The van der Waals surface area contributed by atoms with Crippen LogP contribution in [0.2, 0.25) is 0 Å². The van der Waals surface area contributed by atoms with Gasteiger partial charge in [-0.2, -0.15) is 5.10 Å². The molecule has 5 nitrogen and oxygen atoms in total. The lowest BCUT2D eigenvalue weighted by Gasteiger charge is -2.34. The normalized spacial score (nSPS) is 15.5. The minimum absolute atomic E-state index is 0.137. The Morgan fingerprint density at radius 3 is 2.80 bits per heavy atom. The maximum absolute atomic E-state index is 12.4. The summed E-state index contributed by atoms with van der Waals surface area (Å²) in [6.45, 7) is 9.77. The lowest BCUT2D eigenvalue weighted by atomic mass is 10.3. The van der Waals surface area contributed by atoms with E-state index in [2.05, 4.69) is 16.6 Å². The Kier molecular flexibility index (Phi) is 6.45. The topological polar surface area (TPSA) is 41.4 Å². The minimum atomic E-state index is 0.137. The Morgan fingerprint density at radius 1 is 1.40 bits per heavy atom. The van der Waals surface area contributed by atoms with Gasteiger partial charge in [0.2, 0.25) is 0 Å². The first kappa shape index (κ1) is 18.8. The summed E-state index contributed by atoms with van der Waals surface area (Å²) in [4.78, 5) is 17.4. The molecule has 9 heteroatoms. The zero-order valence-electron chi connectivity index (χ0n) is 14.0. The van der Waals surface area contributed by atoms with Crippen LogP contribution in [0.4, 0.5) is 0 Å². The van der Waals surface area contributed by atoms with Crippen molar-refractivity contribution < 1.29 is 4.79 Å². The monoisotopic (exact) mass is 412 g/mol. The van der Waals surface area contributed by atoms with Crippen molar-refractivity contribution in [2.75, 3.05) is 31.9 Å². The fourth-order valence-electron chi connectivity index (χ4n) is 2.46. The van der Waals surface area contributed by atoms with Crippen LogP contribution < -0.4 is 0 Å². The minimum Gasteiger partial charge on any atom is -0.335 e. The summed E-state index contributed by atoms with van der Waals surface area (Å²) in [5.41, 5.74) is 1.13. The summed E-state index contributed by atoms with van der Waals surface area (Å²) in [7, 11) is 0. The first-order valence-electron chi connectivity index (χ1n) is 7.93. The quantitative estimate of drug-likeness (QED) is 0.410. The second-order valence-corrected chi connectivity index (χ2v) is 9.70. The van der Waals surface area contributed by atoms with E-state index in [-0.39, 0.29) is 5.91 Å². The third-order valence-electron chi connectivity index (χ3n) is 3.76. The molecule has 25 heavy (non-hydrogen) atoms. The second kappa shape index (κ2) is 8.59. The van der Waals surface area contributed by atoms with Crippen molar-refractivity contribution in [2.45, 2.75) is 17.9 Å². The van der Waals surface area contributed by atoms with Gasteiger partial charge >= 0.3 is 0 Å². The highest BCUT2D eigenvalue weighted by Crippen LogP contribution is 2.24. The fraction of sp³-hybridized carbons (Fsp3) is 0.438. The molecular formula is C16H20N4OS4. The average Bonchev–Trinajstić information content (AvgIpc) is 3.24. The predicted octanol–water partition coefficient (Wildman–Crippen LogP) is 3.82. The summed E-state index contributed by atoms with van der Waals surface area (Å²) in [6, 6.07) is 3.81. The van der Waals surface area contributed by atoms with E-state index in [1.54, 1.807) is 23.1 Å². The number of rotatable bonds is 6. The van der Waals surface area contributed by atoms with Crippen molar-refractivity contribution in [1.29, 1.82) is 0 Å². The van der Waals surface area contributed by atoms with Crippen molar-refractivity contribution in [3.05, 3.63) is 38.5 Å². The number of aromatic nitrogens is 2. The second-order valence-electron chi connectivity index (χ2n) is 5.91. The molecule has 0 N–H and O–H groups in total. The van der Waals surface area contributed by atoms with Crippen LogP contribution in [0.5, 0.6) is 0 Å². The highest BCUT2D eigenvalue weighted by atomic mass is 32.2. The van der Waals surface area contributed by atoms with Crippen molar-refractivity contribution in [2.24, 2.45) is 0 Å². The van der Waals surface area contributed by atoms with E-state index in [1.165, 1.54) is 11.3 Å². The number of carbonyl (C=O) groups excluding carboxylic acids is 1.